The van der Waals surface area contributed by atoms with Gasteiger partial charge in [-0.1, -0.05) is 6.92 Å². The van der Waals surface area contributed by atoms with Crippen molar-refractivity contribution in [1.29, 1.82) is 0 Å². The molecule has 2 amide bonds. The Kier molecular flexibility index (Phi) is 3.03. The van der Waals surface area contributed by atoms with Crippen molar-refractivity contribution in [3.63, 3.8) is 0 Å². The Morgan fingerprint density at radius 3 is 2.94 bits per heavy atom. The molecule has 0 spiro atoms. The van der Waals surface area contributed by atoms with Crippen molar-refractivity contribution < 1.29 is 9.59 Å². The van der Waals surface area contributed by atoms with Gasteiger partial charge < -0.3 is 10.6 Å². The largest absolute Gasteiger partial charge is 0.363 e. The lowest BCUT2D eigenvalue weighted by Gasteiger charge is -2.27. The maximum absolute atomic E-state index is 11.6. The molecule has 2 rings (SSSR count). The van der Waals surface area contributed by atoms with Crippen LogP contribution in [0, 0.1) is 0 Å². The van der Waals surface area contributed by atoms with Crippen molar-refractivity contribution in [2.45, 2.75) is 26.3 Å². The van der Waals surface area contributed by atoms with Crippen LogP contribution in [0.15, 0.2) is 6.20 Å². The molecule has 0 atom stereocenters. The summed E-state index contributed by atoms with van der Waals surface area (Å²) < 4.78 is 0. The molecule has 2 heterocycles. The second-order valence-corrected chi connectivity index (χ2v) is 3.95. The summed E-state index contributed by atoms with van der Waals surface area (Å²) in [6.07, 6.45) is 2.82. The van der Waals surface area contributed by atoms with E-state index in [1.165, 1.54) is 0 Å². The average molecular weight is 234 g/mol. The van der Waals surface area contributed by atoms with E-state index in [4.69, 9.17) is 5.73 Å². The van der Waals surface area contributed by atoms with Crippen molar-refractivity contribution in [1.82, 2.24) is 14.9 Å². The zero-order valence-corrected chi connectivity index (χ0v) is 9.64. The Morgan fingerprint density at radius 2 is 2.29 bits per heavy atom. The zero-order chi connectivity index (χ0) is 12.4. The van der Waals surface area contributed by atoms with Crippen LogP contribution in [0.2, 0.25) is 0 Å². The van der Waals surface area contributed by atoms with E-state index in [1.54, 1.807) is 11.1 Å². The van der Waals surface area contributed by atoms with Gasteiger partial charge in [-0.25, -0.2) is 9.97 Å². The third-order valence-electron chi connectivity index (χ3n) is 2.82. The van der Waals surface area contributed by atoms with Gasteiger partial charge in [-0.2, -0.15) is 0 Å². The monoisotopic (exact) mass is 234 g/mol. The fraction of sp³-hybridized carbons (Fsp3) is 0.455. The van der Waals surface area contributed by atoms with E-state index < -0.39 is 5.91 Å². The molecule has 1 aromatic heterocycles. The highest BCUT2D eigenvalue weighted by molar-refractivity contribution is 5.88. The summed E-state index contributed by atoms with van der Waals surface area (Å²) in [5, 5.41) is 0. The molecule has 1 aromatic rings. The lowest BCUT2D eigenvalue weighted by molar-refractivity contribution is -0.131. The number of hydrogen-bond donors (Lipinski definition) is 1. The zero-order valence-electron chi connectivity index (χ0n) is 9.64. The lowest BCUT2D eigenvalue weighted by atomic mass is 10.1. The third-order valence-corrected chi connectivity index (χ3v) is 2.82. The molecule has 1 aliphatic rings. The molecule has 1 aliphatic heterocycles. The van der Waals surface area contributed by atoms with Gasteiger partial charge in [-0.05, 0) is 12.0 Å². The Morgan fingerprint density at radius 1 is 1.53 bits per heavy atom. The fourth-order valence-corrected chi connectivity index (χ4v) is 1.86. The van der Waals surface area contributed by atoms with Crippen molar-refractivity contribution in [3.05, 3.63) is 23.3 Å². The van der Waals surface area contributed by atoms with E-state index in [9.17, 15) is 9.59 Å². The molecule has 0 radical (unpaired) electrons. The molecule has 2 N–H and O–H groups in total. The summed E-state index contributed by atoms with van der Waals surface area (Å²) in [4.78, 5) is 32.3. The van der Waals surface area contributed by atoms with Gasteiger partial charge in [-0.15, -0.1) is 0 Å². The quantitative estimate of drug-likeness (QED) is 0.772. The topological polar surface area (TPSA) is 89.2 Å². The van der Waals surface area contributed by atoms with Crippen LogP contribution in [0.25, 0.3) is 0 Å². The minimum Gasteiger partial charge on any atom is -0.363 e. The van der Waals surface area contributed by atoms with Crippen LogP contribution >= 0.6 is 0 Å². The molecule has 0 fully saturated rings. The smallest absolute Gasteiger partial charge is 0.286 e. The normalized spacial score (nSPS) is 14.3. The number of fused-ring (bicyclic) bond motifs is 1. The number of hydrogen-bond acceptors (Lipinski definition) is 4. The molecule has 17 heavy (non-hydrogen) atoms. The van der Waals surface area contributed by atoms with E-state index in [2.05, 4.69) is 9.97 Å². The summed E-state index contributed by atoms with van der Waals surface area (Å²) in [5.74, 6) is -0.545. The third kappa shape index (κ3) is 2.25. The Hall–Kier alpha value is -1.98. The fourth-order valence-electron chi connectivity index (χ4n) is 1.86. The summed E-state index contributed by atoms with van der Waals surface area (Å²) >= 11 is 0. The highest BCUT2D eigenvalue weighted by Crippen LogP contribution is 2.16. The number of nitrogens with zero attached hydrogens (tertiary/aromatic N) is 3. The first kappa shape index (κ1) is 11.5. The molecule has 6 nitrogen and oxygen atoms in total. The number of amides is 2. The van der Waals surface area contributed by atoms with Gasteiger partial charge in [0.1, 0.15) is 0 Å². The van der Waals surface area contributed by atoms with Gasteiger partial charge in [0.15, 0.2) is 0 Å². The van der Waals surface area contributed by atoms with Crippen LogP contribution < -0.4 is 5.73 Å². The number of aromatic nitrogens is 2. The van der Waals surface area contributed by atoms with E-state index >= 15 is 0 Å². The maximum atomic E-state index is 11.6. The van der Waals surface area contributed by atoms with Crippen LogP contribution in [0.3, 0.4) is 0 Å². The second-order valence-electron chi connectivity index (χ2n) is 3.95. The number of nitrogens with two attached hydrogens (primary N) is 1. The van der Waals surface area contributed by atoms with Crippen LogP contribution in [-0.4, -0.2) is 33.2 Å². The van der Waals surface area contributed by atoms with Crippen LogP contribution in [0.1, 0.15) is 35.2 Å². The van der Waals surface area contributed by atoms with Gasteiger partial charge in [0.05, 0.1) is 12.2 Å². The molecule has 0 bridgehead atoms. The first-order chi connectivity index (χ1) is 8.11. The Balaban J connectivity index is 2.26. The first-order valence-electron chi connectivity index (χ1n) is 5.54. The summed E-state index contributed by atoms with van der Waals surface area (Å²) in [6.45, 7) is 2.94. The number of carbonyl (C=O) groups is 2. The molecule has 0 saturated carbocycles. The minimum atomic E-state index is -0.647. The van der Waals surface area contributed by atoms with E-state index in [1.807, 2.05) is 6.92 Å². The predicted octanol–water partition coefficient (Wildman–Crippen LogP) is -0.130. The molecule has 0 aliphatic carbocycles. The van der Waals surface area contributed by atoms with Crippen molar-refractivity contribution in [2.75, 3.05) is 6.54 Å². The Labute approximate surface area is 98.8 Å². The Bertz CT molecular complexity index is 473. The molecule has 0 aromatic carbocycles. The molecular weight excluding hydrogens is 220 g/mol. The highest BCUT2D eigenvalue weighted by atomic mass is 16.2. The molecule has 0 unspecified atom stereocenters. The van der Waals surface area contributed by atoms with Crippen molar-refractivity contribution >= 4 is 11.8 Å². The summed E-state index contributed by atoms with van der Waals surface area (Å²) in [6, 6.07) is 0. The summed E-state index contributed by atoms with van der Waals surface area (Å²) in [5.41, 5.74) is 6.83. The number of carbonyl (C=O) groups excluding carboxylic acids is 2. The standard InChI is InChI=1S/C11H14N4O2/c1-2-9(16)15-4-3-7-5-13-11(10(12)17)14-8(7)6-15/h5H,2-4,6H2,1H3,(H2,12,17). The van der Waals surface area contributed by atoms with E-state index in [-0.39, 0.29) is 11.7 Å². The molecule has 90 valence electrons. The van der Waals surface area contributed by atoms with Crippen molar-refractivity contribution in [2.24, 2.45) is 5.73 Å². The molecule has 0 saturated heterocycles. The first-order valence-corrected chi connectivity index (χ1v) is 5.54. The molecule has 6 heteroatoms. The van der Waals surface area contributed by atoms with E-state index in [0.717, 1.165) is 17.7 Å². The highest BCUT2D eigenvalue weighted by Gasteiger charge is 2.21. The van der Waals surface area contributed by atoms with E-state index in [0.29, 0.717) is 19.5 Å². The van der Waals surface area contributed by atoms with Gasteiger partial charge >= 0.3 is 0 Å². The predicted molar refractivity (Wildman–Crippen MR) is 60.0 cm³/mol. The maximum Gasteiger partial charge on any atom is 0.286 e. The van der Waals surface area contributed by atoms with Crippen LogP contribution in [0.5, 0.6) is 0 Å². The van der Waals surface area contributed by atoms with Crippen LogP contribution in [0.4, 0.5) is 0 Å². The van der Waals surface area contributed by atoms with Gasteiger partial charge in [0.25, 0.3) is 5.91 Å². The SMILES string of the molecule is CCC(=O)N1CCc2cnc(C(N)=O)nc2C1. The van der Waals surface area contributed by atoms with Crippen molar-refractivity contribution in [3.8, 4) is 0 Å². The second kappa shape index (κ2) is 4.48. The van der Waals surface area contributed by atoms with Gasteiger partial charge in [-0.3, -0.25) is 9.59 Å². The molecular formula is C11H14N4O2. The lowest BCUT2D eigenvalue weighted by Crippen LogP contribution is -2.36. The van der Waals surface area contributed by atoms with Crippen LogP contribution in [-0.2, 0) is 17.8 Å². The summed E-state index contributed by atoms with van der Waals surface area (Å²) in [7, 11) is 0. The van der Waals surface area contributed by atoms with Gasteiger partial charge in [0.2, 0.25) is 11.7 Å². The number of rotatable bonds is 2. The average Bonchev–Trinajstić information content (AvgIpc) is 2.36. The van der Waals surface area contributed by atoms with Gasteiger partial charge in [0, 0.05) is 19.2 Å². The number of primary amides is 1. The minimum absolute atomic E-state index is 0.00884.